The molecule has 0 aliphatic rings. The van der Waals surface area contributed by atoms with Gasteiger partial charge in [-0.15, -0.1) is 0 Å². The highest BCUT2D eigenvalue weighted by atomic mass is 16.3. The van der Waals surface area contributed by atoms with Gasteiger partial charge in [-0.25, -0.2) is 0 Å². The Labute approximate surface area is 129 Å². The molecule has 2 rings (SSSR count). The number of hydrogen-bond donors (Lipinski definition) is 1. The molecule has 21 heavy (non-hydrogen) atoms. The lowest BCUT2D eigenvalue weighted by Gasteiger charge is -2.04. The molecule has 1 nitrogen and oxygen atoms in total. The van der Waals surface area contributed by atoms with E-state index in [1.54, 1.807) is 12.1 Å². The van der Waals surface area contributed by atoms with Gasteiger partial charge in [-0.3, -0.25) is 0 Å². The van der Waals surface area contributed by atoms with E-state index >= 15 is 0 Å². The molecule has 0 amide bonds. The third kappa shape index (κ3) is 7.55. The summed E-state index contributed by atoms with van der Waals surface area (Å²) < 4.78 is 0. The van der Waals surface area contributed by atoms with Crippen molar-refractivity contribution in [1.82, 2.24) is 0 Å². The van der Waals surface area contributed by atoms with Crippen molar-refractivity contribution >= 4 is 0 Å². The molecule has 0 saturated carbocycles. The molecule has 0 aliphatic carbocycles. The Balaban J connectivity index is 0.000000219. The van der Waals surface area contributed by atoms with E-state index in [0.29, 0.717) is 11.7 Å². The summed E-state index contributed by atoms with van der Waals surface area (Å²) in [6.07, 6.45) is 2.32. The summed E-state index contributed by atoms with van der Waals surface area (Å²) in [4.78, 5) is 0. The van der Waals surface area contributed by atoms with E-state index in [0.717, 1.165) is 12.3 Å². The minimum atomic E-state index is 0.350. The van der Waals surface area contributed by atoms with Gasteiger partial charge in [-0.2, -0.15) is 0 Å². The molecular weight excluding hydrogens is 256 g/mol. The third-order valence-electron chi connectivity index (χ3n) is 3.41. The maximum Gasteiger partial charge on any atom is 0.115 e. The lowest BCUT2D eigenvalue weighted by Crippen LogP contribution is -1.91. The standard InChI is InChI=1S/C11H16O.C9H12/c1-9(2)3-4-10-5-7-11(12)8-6-10;1-8(2)9-6-4-3-5-7-9/h5-9,12H,3-4H2,1-2H3;3-8H,1-2H3. The summed E-state index contributed by atoms with van der Waals surface area (Å²) in [5.41, 5.74) is 2.72. The fourth-order valence-electron chi connectivity index (χ4n) is 1.96. The zero-order valence-corrected chi connectivity index (χ0v) is 13.7. The Kier molecular flexibility index (Phi) is 7.60. The number of rotatable bonds is 4. The highest BCUT2D eigenvalue weighted by Gasteiger charge is 1.96. The molecule has 0 saturated heterocycles. The second-order valence-corrected chi connectivity index (χ2v) is 6.16. The predicted octanol–water partition coefficient (Wildman–Crippen LogP) is 5.79. The Hall–Kier alpha value is -1.76. The van der Waals surface area contributed by atoms with Gasteiger partial charge in [0, 0.05) is 0 Å². The van der Waals surface area contributed by atoms with Crippen LogP contribution in [0.4, 0.5) is 0 Å². The number of aryl methyl sites for hydroxylation is 1. The number of hydrogen-bond acceptors (Lipinski definition) is 1. The summed E-state index contributed by atoms with van der Waals surface area (Å²) >= 11 is 0. The molecule has 1 heteroatoms. The molecule has 114 valence electrons. The summed E-state index contributed by atoms with van der Waals surface area (Å²) in [6, 6.07) is 18.0. The number of benzene rings is 2. The summed E-state index contributed by atoms with van der Waals surface area (Å²) in [5.74, 6) is 1.76. The molecule has 2 aromatic rings. The molecule has 0 spiro atoms. The quantitative estimate of drug-likeness (QED) is 0.753. The second-order valence-electron chi connectivity index (χ2n) is 6.16. The molecule has 0 aliphatic heterocycles. The lowest BCUT2D eigenvalue weighted by atomic mass is 10.0. The van der Waals surface area contributed by atoms with E-state index in [2.05, 4.69) is 52.0 Å². The monoisotopic (exact) mass is 284 g/mol. The van der Waals surface area contributed by atoms with Crippen molar-refractivity contribution in [2.75, 3.05) is 0 Å². The van der Waals surface area contributed by atoms with Gasteiger partial charge in [0.15, 0.2) is 0 Å². The first-order chi connectivity index (χ1) is 9.99. The minimum absolute atomic E-state index is 0.350. The normalized spacial score (nSPS) is 10.4. The van der Waals surface area contributed by atoms with Crippen LogP contribution in [0, 0.1) is 5.92 Å². The van der Waals surface area contributed by atoms with Crippen LogP contribution in [0.3, 0.4) is 0 Å². The van der Waals surface area contributed by atoms with Crippen molar-refractivity contribution in [3.05, 3.63) is 65.7 Å². The summed E-state index contributed by atoms with van der Waals surface area (Å²) in [5, 5.41) is 9.03. The van der Waals surface area contributed by atoms with Gasteiger partial charge in [0.25, 0.3) is 0 Å². The highest BCUT2D eigenvalue weighted by molar-refractivity contribution is 5.25. The van der Waals surface area contributed by atoms with E-state index in [1.165, 1.54) is 17.5 Å². The van der Waals surface area contributed by atoms with E-state index in [4.69, 9.17) is 5.11 Å². The van der Waals surface area contributed by atoms with Crippen molar-refractivity contribution in [3.63, 3.8) is 0 Å². The van der Waals surface area contributed by atoms with Crippen LogP contribution in [0.15, 0.2) is 54.6 Å². The number of phenols is 1. The summed E-state index contributed by atoms with van der Waals surface area (Å²) in [7, 11) is 0. The van der Waals surface area contributed by atoms with Gasteiger partial charge in [0.1, 0.15) is 5.75 Å². The average Bonchev–Trinajstić information content (AvgIpc) is 2.48. The number of phenolic OH excluding ortho intramolecular Hbond substituents is 1. The Morgan fingerprint density at radius 2 is 1.38 bits per heavy atom. The molecule has 2 aromatic carbocycles. The van der Waals surface area contributed by atoms with Gasteiger partial charge in [-0.05, 0) is 47.9 Å². The van der Waals surface area contributed by atoms with Gasteiger partial charge in [-0.1, -0.05) is 70.2 Å². The second kappa shape index (κ2) is 9.23. The Bertz CT molecular complexity index is 483. The fourth-order valence-corrected chi connectivity index (χ4v) is 1.96. The van der Waals surface area contributed by atoms with Crippen LogP contribution in [0.5, 0.6) is 5.75 Å². The molecule has 0 atom stereocenters. The molecule has 0 heterocycles. The maximum atomic E-state index is 9.03. The van der Waals surface area contributed by atoms with Crippen LogP contribution in [-0.4, -0.2) is 5.11 Å². The van der Waals surface area contributed by atoms with Crippen molar-refractivity contribution in [2.45, 2.75) is 46.5 Å². The first kappa shape index (κ1) is 17.3. The average molecular weight is 284 g/mol. The minimum Gasteiger partial charge on any atom is -0.508 e. The van der Waals surface area contributed by atoms with E-state index in [9.17, 15) is 0 Å². The molecule has 1 N–H and O–H groups in total. The van der Waals surface area contributed by atoms with Crippen molar-refractivity contribution in [1.29, 1.82) is 0 Å². The maximum absolute atomic E-state index is 9.03. The molecule has 0 radical (unpaired) electrons. The molecule has 0 bridgehead atoms. The van der Waals surface area contributed by atoms with Crippen LogP contribution in [0.1, 0.15) is 51.2 Å². The highest BCUT2D eigenvalue weighted by Crippen LogP contribution is 2.13. The van der Waals surface area contributed by atoms with E-state index in [1.807, 2.05) is 18.2 Å². The molecule has 0 aromatic heterocycles. The largest absolute Gasteiger partial charge is 0.508 e. The summed E-state index contributed by atoms with van der Waals surface area (Å²) in [6.45, 7) is 8.85. The molecule has 0 unspecified atom stereocenters. The Morgan fingerprint density at radius 1 is 0.810 bits per heavy atom. The van der Waals surface area contributed by atoms with Gasteiger partial charge in [0.2, 0.25) is 0 Å². The molecular formula is C20H28O. The Morgan fingerprint density at radius 3 is 1.81 bits per heavy atom. The van der Waals surface area contributed by atoms with Crippen LogP contribution < -0.4 is 0 Å². The SMILES string of the molecule is CC(C)CCc1ccc(O)cc1.CC(C)c1ccccc1. The van der Waals surface area contributed by atoms with Crippen molar-refractivity contribution < 1.29 is 5.11 Å². The van der Waals surface area contributed by atoms with Gasteiger partial charge < -0.3 is 5.11 Å². The van der Waals surface area contributed by atoms with Crippen molar-refractivity contribution in [2.24, 2.45) is 5.92 Å². The van der Waals surface area contributed by atoms with Crippen LogP contribution in [-0.2, 0) is 6.42 Å². The predicted molar refractivity (Wildman–Crippen MR) is 91.8 cm³/mol. The first-order valence-electron chi connectivity index (χ1n) is 7.82. The topological polar surface area (TPSA) is 20.2 Å². The smallest absolute Gasteiger partial charge is 0.115 e. The molecule has 0 fully saturated rings. The third-order valence-corrected chi connectivity index (χ3v) is 3.41. The van der Waals surface area contributed by atoms with Crippen LogP contribution >= 0.6 is 0 Å². The zero-order chi connectivity index (χ0) is 15.7. The fraction of sp³-hybridized carbons (Fsp3) is 0.400. The zero-order valence-electron chi connectivity index (χ0n) is 13.7. The van der Waals surface area contributed by atoms with Gasteiger partial charge >= 0.3 is 0 Å². The van der Waals surface area contributed by atoms with Gasteiger partial charge in [0.05, 0.1) is 0 Å². The van der Waals surface area contributed by atoms with E-state index < -0.39 is 0 Å². The van der Waals surface area contributed by atoms with Crippen molar-refractivity contribution in [3.8, 4) is 5.75 Å². The lowest BCUT2D eigenvalue weighted by molar-refractivity contribution is 0.475. The first-order valence-corrected chi connectivity index (χ1v) is 7.82. The van der Waals surface area contributed by atoms with Crippen LogP contribution in [0.2, 0.25) is 0 Å². The number of aromatic hydroxyl groups is 1. The van der Waals surface area contributed by atoms with Crippen LogP contribution in [0.25, 0.3) is 0 Å². The van der Waals surface area contributed by atoms with E-state index in [-0.39, 0.29) is 0 Å².